The predicted octanol–water partition coefficient (Wildman–Crippen LogP) is 1.68. The molecule has 0 heterocycles. The van der Waals surface area contributed by atoms with Gasteiger partial charge in [-0.1, -0.05) is 36.4 Å². The minimum Gasteiger partial charge on any atom is -0.0623 e. The van der Waals surface area contributed by atoms with Crippen molar-refractivity contribution in [2.24, 2.45) is 0 Å². The predicted molar refractivity (Wildman–Crippen MR) is 26.4 cm³/mol. The van der Waals surface area contributed by atoms with E-state index in [0.717, 1.165) is 0 Å². The second-order valence-corrected chi connectivity index (χ2v) is 1.15. The molecule has 41 valence electrons. The second kappa shape index (κ2) is 4.13. The van der Waals surface area contributed by atoms with Crippen molar-refractivity contribution in [2.45, 2.75) is 0 Å². The number of hydrogen-bond acceptors (Lipinski definition) is 0. The molecule has 0 aliphatic rings. The van der Waals surface area contributed by atoms with Crippen LogP contribution in [-0.2, 0) is 22.4 Å². The van der Waals surface area contributed by atoms with E-state index in [-0.39, 0.29) is 22.4 Å². The smallest absolute Gasteiger partial charge is 0 e. The molecule has 1 aromatic carbocycles. The Morgan fingerprint density at radius 1 is 0.429 bits per heavy atom. The number of benzene rings is 1. The summed E-state index contributed by atoms with van der Waals surface area (Å²) < 4.78 is 0. The van der Waals surface area contributed by atoms with Crippen LogP contribution in [0.3, 0.4) is 0 Å². The average Bonchev–Trinajstić information content (AvgIpc) is 1.72. The van der Waals surface area contributed by atoms with Gasteiger partial charge in [-0.05, 0) is 0 Å². The summed E-state index contributed by atoms with van der Waals surface area (Å²) in [6.07, 6.45) is 0. The van der Waals surface area contributed by atoms with Crippen molar-refractivity contribution in [3.8, 4) is 0 Å². The zero-order valence-electron chi connectivity index (χ0n) is 3.77. The van der Waals surface area contributed by atoms with Crippen LogP contribution >= 0.6 is 0 Å². The first-order valence-electron chi connectivity index (χ1n) is 2.00. The zero-order chi connectivity index (χ0) is 4.24. The van der Waals surface area contributed by atoms with Crippen molar-refractivity contribution >= 4 is 0 Å². The molecule has 0 aliphatic heterocycles. The summed E-state index contributed by atoms with van der Waals surface area (Å²) in [4.78, 5) is 0. The molecule has 0 aliphatic carbocycles. The third-order valence-corrected chi connectivity index (χ3v) is 0.667. The maximum atomic E-state index is 2.00. The van der Waals surface area contributed by atoms with Gasteiger partial charge in [0.1, 0.15) is 0 Å². The largest absolute Gasteiger partial charge is 0.0623 e. The first kappa shape index (κ1) is 6.96. The molecule has 0 N–H and O–H groups in total. The summed E-state index contributed by atoms with van der Waals surface area (Å²) in [6, 6.07) is 12.0. The Bertz CT molecular complexity index is 76.1. The molecular weight excluding hydrogens is 269 g/mol. The summed E-state index contributed by atoms with van der Waals surface area (Å²) in [5.41, 5.74) is 0. The third-order valence-electron chi connectivity index (χ3n) is 0.667. The third kappa shape index (κ3) is 2.63. The summed E-state index contributed by atoms with van der Waals surface area (Å²) in [7, 11) is 0. The van der Waals surface area contributed by atoms with Crippen LogP contribution < -0.4 is 0 Å². The van der Waals surface area contributed by atoms with E-state index in [9.17, 15) is 0 Å². The molecule has 0 nitrogen and oxygen atoms in total. The molecule has 0 fully saturated rings. The van der Waals surface area contributed by atoms with Crippen molar-refractivity contribution in [1.29, 1.82) is 0 Å². The number of rotatable bonds is 0. The molecule has 1 rings (SSSR count). The van der Waals surface area contributed by atoms with Crippen molar-refractivity contribution in [1.82, 2.24) is 0 Å². The topological polar surface area (TPSA) is 0 Å². The molecule has 1 radical (unpaired) electrons. The van der Waals surface area contributed by atoms with Gasteiger partial charge in [-0.2, -0.15) is 0 Å². The monoisotopic (exact) mass is 275 g/mol. The molecule has 0 saturated heterocycles. The Kier molecular flexibility index (Phi) is 4.10. The van der Waals surface area contributed by atoms with E-state index in [4.69, 9.17) is 0 Å². The van der Waals surface area contributed by atoms with Gasteiger partial charge in [-0.3, -0.25) is 0 Å². The van der Waals surface area contributed by atoms with Gasteiger partial charge in [0.2, 0.25) is 0 Å². The maximum absolute atomic E-state index is 2.00. The van der Waals surface area contributed by atoms with E-state index in [0.29, 0.717) is 0 Å². The SMILES string of the molecule is [Au].c1ccccc1. The van der Waals surface area contributed by atoms with Crippen molar-refractivity contribution in [3.63, 3.8) is 0 Å². The molecule has 0 atom stereocenters. The average molecular weight is 275 g/mol. The van der Waals surface area contributed by atoms with Gasteiger partial charge in [-0.25, -0.2) is 0 Å². The molecule has 1 aromatic rings. The fraction of sp³-hybridized carbons (Fsp3) is 0. The van der Waals surface area contributed by atoms with Gasteiger partial charge in [-0.15, -0.1) is 0 Å². The first-order valence-corrected chi connectivity index (χ1v) is 2.00. The van der Waals surface area contributed by atoms with E-state index in [2.05, 4.69) is 0 Å². The van der Waals surface area contributed by atoms with E-state index in [1.165, 1.54) is 0 Å². The van der Waals surface area contributed by atoms with Crippen LogP contribution in [0, 0.1) is 0 Å². The Morgan fingerprint density at radius 3 is 0.714 bits per heavy atom. The summed E-state index contributed by atoms with van der Waals surface area (Å²) >= 11 is 0. The Hall–Kier alpha value is -0.0397. The van der Waals surface area contributed by atoms with Crippen LogP contribution in [0.1, 0.15) is 0 Å². The van der Waals surface area contributed by atoms with Crippen LogP contribution in [0.2, 0.25) is 0 Å². The van der Waals surface area contributed by atoms with Crippen LogP contribution in [-0.4, -0.2) is 0 Å². The fourth-order valence-electron chi connectivity index (χ4n) is 0.385. The molecule has 0 spiro atoms. The molecule has 1 heteroatoms. The normalized spacial score (nSPS) is 6.86. The van der Waals surface area contributed by atoms with Gasteiger partial charge in [0.15, 0.2) is 0 Å². The zero-order valence-corrected chi connectivity index (χ0v) is 5.93. The van der Waals surface area contributed by atoms with Crippen molar-refractivity contribution in [2.75, 3.05) is 0 Å². The van der Waals surface area contributed by atoms with Crippen molar-refractivity contribution < 1.29 is 22.4 Å². The molecule has 0 saturated carbocycles. The van der Waals surface area contributed by atoms with Gasteiger partial charge < -0.3 is 0 Å². The van der Waals surface area contributed by atoms with Gasteiger partial charge in [0, 0.05) is 22.4 Å². The van der Waals surface area contributed by atoms with Crippen LogP contribution in [0.25, 0.3) is 0 Å². The van der Waals surface area contributed by atoms with Crippen molar-refractivity contribution in [3.05, 3.63) is 36.4 Å². The van der Waals surface area contributed by atoms with Gasteiger partial charge in [0.05, 0.1) is 0 Å². The molecule has 7 heavy (non-hydrogen) atoms. The first-order chi connectivity index (χ1) is 3.00. The Labute approximate surface area is 59.1 Å². The standard InChI is InChI=1S/C6H6.Au/c1-2-4-6-5-3-1;/h1-6H;. The molecular formula is C6H6Au. The minimum absolute atomic E-state index is 0. The fourth-order valence-corrected chi connectivity index (χ4v) is 0.385. The van der Waals surface area contributed by atoms with E-state index in [1.807, 2.05) is 36.4 Å². The molecule has 0 bridgehead atoms. The van der Waals surface area contributed by atoms with E-state index >= 15 is 0 Å². The second-order valence-electron chi connectivity index (χ2n) is 1.15. The summed E-state index contributed by atoms with van der Waals surface area (Å²) in [6.45, 7) is 0. The van der Waals surface area contributed by atoms with Crippen LogP contribution in [0.15, 0.2) is 36.4 Å². The van der Waals surface area contributed by atoms with Gasteiger partial charge >= 0.3 is 0 Å². The van der Waals surface area contributed by atoms with Crippen LogP contribution in [0.4, 0.5) is 0 Å². The Morgan fingerprint density at radius 2 is 0.571 bits per heavy atom. The molecule has 0 aromatic heterocycles. The summed E-state index contributed by atoms with van der Waals surface area (Å²) in [5, 5.41) is 0. The van der Waals surface area contributed by atoms with E-state index in [1.54, 1.807) is 0 Å². The number of hydrogen-bond donors (Lipinski definition) is 0. The minimum atomic E-state index is 0. The molecule has 0 amide bonds. The quantitative estimate of drug-likeness (QED) is 0.632. The van der Waals surface area contributed by atoms with Crippen LogP contribution in [0.5, 0.6) is 0 Å². The maximum Gasteiger partial charge on any atom is 0 e. The van der Waals surface area contributed by atoms with E-state index < -0.39 is 0 Å². The molecule has 0 unspecified atom stereocenters. The summed E-state index contributed by atoms with van der Waals surface area (Å²) in [5.74, 6) is 0. The van der Waals surface area contributed by atoms with Gasteiger partial charge in [0.25, 0.3) is 0 Å². The Balaban J connectivity index is 0.000000360.